The van der Waals surface area contributed by atoms with Crippen molar-refractivity contribution in [1.29, 1.82) is 0 Å². The molecule has 1 atom stereocenters. The van der Waals surface area contributed by atoms with Crippen LogP contribution in [-0.2, 0) is 12.6 Å². The lowest BCUT2D eigenvalue weighted by Gasteiger charge is -2.25. The van der Waals surface area contributed by atoms with Gasteiger partial charge in [0.1, 0.15) is 0 Å². The lowest BCUT2D eigenvalue weighted by molar-refractivity contribution is -0.137. The minimum absolute atomic E-state index is 0.177. The molecule has 2 nitrogen and oxygen atoms in total. The van der Waals surface area contributed by atoms with Gasteiger partial charge < -0.3 is 10.4 Å². The summed E-state index contributed by atoms with van der Waals surface area (Å²) >= 11 is 0. The second-order valence-corrected chi connectivity index (χ2v) is 5.41. The van der Waals surface area contributed by atoms with Gasteiger partial charge in [-0.2, -0.15) is 13.2 Å². The first-order valence-corrected chi connectivity index (χ1v) is 6.22. The molecule has 1 unspecified atom stereocenters. The number of aliphatic hydroxyl groups is 1. The van der Waals surface area contributed by atoms with E-state index in [9.17, 15) is 18.3 Å². The Hall–Kier alpha value is -1.07. The molecule has 0 spiro atoms. The van der Waals surface area contributed by atoms with Gasteiger partial charge in [0.2, 0.25) is 0 Å². The largest absolute Gasteiger partial charge is 0.416 e. The van der Waals surface area contributed by atoms with Crippen molar-refractivity contribution in [3.05, 3.63) is 35.4 Å². The topological polar surface area (TPSA) is 32.3 Å². The molecule has 5 heteroatoms. The van der Waals surface area contributed by atoms with Gasteiger partial charge in [-0.3, -0.25) is 0 Å². The highest BCUT2D eigenvalue weighted by Gasteiger charge is 2.31. The van der Waals surface area contributed by atoms with Crippen LogP contribution in [0.2, 0.25) is 0 Å². The number of nitrogens with one attached hydrogen (secondary N) is 1. The van der Waals surface area contributed by atoms with Crippen LogP contribution in [0, 0.1) is 0 Å². The maximum Gasteiger partial charge on any atom is 0.416 e. The van der Waals surface area contributed by atoms with E-state index in [1.807, 2.05) is 13.8 Å². The van der Waals surface area contributed by atoms with E-state index in [1.54, 1.807) is 13.0 Å². The van der Waals surface area contributed by atoms with Crippen LogP contribution >= 0.6 is 0 Å². The highest BCUT2D eigenvalue weighted by Crippen LogP contribution is 2.30. The third kappa shape index (κ3) is 5.61. The van der Waals surface area contributed by atoms with Gasteiger partial charge in [-0.1, -0.05) is 32.0 Å². The molecule has 0 aliphatic carbocycles. The van der Waals surface area contributed by atoms with E-state index in [4.69, 9.17) is 0 Å². The van der Waals surface area contributed by atoms with Gasteiger partial charge in [-0.05, 0) is 18.6 Å². The van der Waals surface area contributed by atoms with Crippen LogP contribution in [-0.4, -0.2) is 23.3 Å². The quantitative estimate of drug-likeness (QED) is 0.866. The summed E-state index contributed by atoms with van der Waals surface area (Å²) in [6, 6.07) is 5.30. The van der Waals surface area contributed by atoms with E-state index in [0.717, 1.165) is 12.1 Å². The van der Waals surface area contributed by atoms with Crippen molar-refractivity contribution in [3.63, 3.8) is 0 Å². The first-order chi connectivity index (χ1) is 8.60. The van der Waals surface area contributed by atoms with E-state index in [0.29, 0.717) is 12.1 Å². The third-order valence-corrected chi connectivity index (χ3v) is 2.73. The standard InChI is InChI=1S/C14H20F3NO/c1-10(2)18-9-13(3,19)8-11-5-4-6-12(7-11)14(15,16)17/h4-7,10,18-19H,8-9H2,1-3H3. The summed E-state index contributed by atoms with van der Waals surface area (Å²) in [5, 5.41) is 13.2. The number of hydrogen-bond donors (Lipinski definition) is 2. The monoisotopic (exact) mass is 275 g/mol. The molecule has 1 aromatic carbocycles. The lowest BCUT2D eigenvalue weighted by Crippen LogP contribution is -2.42. The smallest absolute Gasteiger partial charge is 0.389 e. The summed E-state index contributed by atoms with van der Waals surface area (Å²) in [5.74, 6) is 0. The normalized spacial score (nSPS) is 15.6. The van der Waals surface area contributed by atoms with Crippen LogP contribution in [0.25, 0.3) is 0 Å². The van der Waals surface area contributed by atoms with E-state index in [1.165, 1.54) is 6.07 Å². The first kappa shape index (κ1) is 16.0. The second-order valence-electron chi connectivity index (χ2n) is 5.41. The molecule has 0 heterocycles. The molecule has 1 aromatic rings. The van der Waals surface area contributed by atoms with Crippen molar-refractivity contribution in [3.8, 4) is 0 Å². The SMILES string of the molecule is CC(C)NCC(C)(O)Cc1cccc(C(F)(F)F)c1. The van der Waals surface area contributed by atoms with Gasteiger partial charge in [0, 0.05) is 19.0 Å². The Kier molecular flexibility index (Phi) is 4.98. The van der Waals surface area contributed by atoms with Crippen LogP contribution in [0.3, 0.4) is 0 Å². The molecule has 0 radical (unpaired) electrons. The fraction of sp³-hybridized carbons (Fsp3) is 0.571. The molecule has 108 valence electrons. The van der Waals surface area contributed by atoms with Crippen molar-refractivity contribution in [2.45, 2.75) is 45.0 Å². The fourth-order valence-electron chi connectivity index (χ4n) is 1.78. The summed E-state index contributed by atoms with van der Waals surface area (Å²) < 4.78 is 37.7. The third-order valence-electron chi connectivity index (χ3n) is 2.73. The van der Waals surface area contributed by atoms with Gasteiger partial charge in [-0.25, -0.2) is 0 Å². The van der Waals surface area contributed by atoms with Crippen LogP contribution in [0.4, 0.5) is 13.2 Å². The number of benzene rings is 1. The predicted octanol–water partition coefficient (Wildman–Crippen LogP) is 3.00. The zero-order chi connectivity index (χ0) is 14.7. The Morgan fingerprint density at radius 2 is 1.89 bits per heavy atom. The minimum atomic E-state index is -4.35. The van der Waals surface area contributed by atoms with E-state index in [-0.39, 0.29) is 12.5 Å². The molecule has 19 heavy (non-hydrogen) atoms. The van der Waals surface area contributed by atoms with Crippen molar-refractivity contribution in [1.82, 2.24) is 5.32 Å². The molecule has 0 fully saturated rings. The molecule has 1 rings (SSSR count). The van der Waals surface area contributed by atoms with Gasteiger partial charge in [-0.15, -0.1) is 0 Å². The van der Waals surface area contributed by atoms with Gasteiger partial charge in [0.15, 0.2) is 0 Å². The van der Waals surface area contributed by atoms with Crippen molar-refractivity contribution in [2.24, 2.45) is 0 Å². The molecule has 0 amide bonds. The molecule has 0 saturated heterocycles. The highest BCUT2D eigenvalue weighted by atomic mass is 19.4. The van der Waals surface area contributed by atoms with Crippen molar-refractivity contribution in [2.75, 3.05) is 6.54 Å². The number of alkyl halides is 3. The Balaban J connectivity index is 2.76. The van der Waals surface area contributed by atoms with Gasteiger partial charge in [0.05, 0.1) is 11.2 Å². The molecule has 0 aliphatic heterocycles. The molecular weight excluding hydrogens is 255 g/mol. The molecule has 0 saturated carbocycles. The molecule has 0 aliphatic rings. The van der Waals surface area contributed by atoms with E-state index in [2.05, 4.69) is 5.32 Å². The number of rotatable bonds is 5. The molecule has 2 N–H and O–H groups in total. The molecule has 0 aromatic heterocycles. The van der Waals surface area contributed by atoms with E-state index < -0.39 is 17.3 Å². The minimum Gasteiger partial charge on any atom is -0.389 e. The first-order valence-electron chi connectivity index (χ1n) is 6.22. The van der Waals surface area contributed by atoms with Crippen LogP contribution < -0.4 is 5.32 Å². The maximum atomic E-state index is 12.6. The Morgan fingerprint density at radius 3 is 2.42 bits per heavy atom. The average Bonchev–Trinajstić information content (AvgIpc) is 2.25. The summed E-state index contributed by atoms with van der Waals surface area (Å²) in [5.41, 5.74) is -1.28. The zero-order valence-corrected chi connectivity index (χ0v) is 11.4. The number of halogens is 3. The predicted molar refractivity (Wildman–Crippen MR) is 68.9 cm³/mol. The van der Waals surface area contributed by atoms with Crippen LogP contribution in [0.1, 0.15) is 31.9 Å². The lowest BCUT2D eigenvalue weighted by atomic mass is 9.95. The Labute approximate surface area is 111 Å². The molecule has 0 bridgehead atoms. The summed E-state index contributed by atoms with van der Waals surface area (Å²) in [6.07, 6.45) is -4.17. The highest BCUT2D eigenvalue weighted by molar-refractivity contribution is 5.26. The average molecular weight is 275 g/mol. The van der Waals surface area contributed by atoms with Crippen molar-refractivity contribution < 1.29 is 18.3 Å². The van der Waals surface area contributed by atoms with Crippen molar-refractivity contribution >= 4 is 0 Å². The van der Waals surface area contributed by atoms with E-state index >= 15 is 0 Å². The summed E-state index contributed by atoms with van der Waals surface area (Å²) in [7, 11) is 0. The van der Waals surface area contributed by atoms with Gasteiger partial charge >= 0.3 is 6.18 Å². The van der Waals surface area contributed by atoms with Gasteiger partial charge in [0.25, 0.3) is 0 Å². The maximum absolute atomic E-state index is 12.6. The van der Waals surface area contributed by atoms with Crippen LogP contribution in [0.15, 0.2) is 24.3 Å². The summed E-state index contributed by atoms with van der Waals surface area (Å²) in [4.78, 5) is 0. The zero-order valence-electron chi connectivity index (χ0n) is 11.4. The fourth-order valence-corrected chi connectivity index (χ4v) is 1.78. The Bertz CT molecular complexity index is 413. The number of hydrogen-bond acceptors (Lipinski definition) is 2. The second kappa shape index (κ2) is 5.92. The Morgan fingerprint density at radius 1 is 1.26 bits per heavy atom. The molecular formula is C14H20F3NO. The summed E-state index contributed by atoms with van der Waals surface area (Å²) in [6.45, 7) is 5.84. The van der Waals surface area contributed by atoms with Crippen LogP contribution in [0.5, 0.6) is 0 Å².